The molecule has 10 heteroatoms. The molecule has 0 saturated carbocycles. The first-order valence-corrected chi connectivity index (χ1v) is 36.6. The normalized spacial score (nSPS) is 13.9. The lowest BCUT2D eigenvalue weighted by molar-refractivity contribution is -0.870. The SMILES string of the molecule is CCCCC/C=C\C/C=C\C/C=C\CCCCCCCCC(=O)OC(/C=C\CCCCCCCCCCCC)C(COP(=O)([O-])OCC[N+](C)(C)C)NC(=O)CCCCCCCCCCCCCCCCC/C=C/CCCCCCCC. The quantitative estimate of drug-likeness (QED) is 0.0212. The molecule has 0 spiro atoms. The summed E-state index contributed by atoms with van der Waals surface area (Å²) in [6.07, 6.45) is 79.1. The van der Waals surface area contributed by atoms with Crippen molar-refractivity contribution in [1.29, 1.82) is 0 Å². The zero-order valence-electron chi connectivity index (χ0n) is 54.9. The van der Waals surface area contributed by atoms with Gasteiger partial charge in [0.2, 0.25) is 5.91 Å². The number of allylic oxidation sites excluding steroid dienone is 9. The van der Waals surface area contributed by atoms with Crippen molar-refractivity contribution in [3.05, 3.63) is 60.8 Å². The summed E-state index contributed by atoms with van der Waals surface area (Å²) in [4.78, 5) is 40.1. The number of phosphoric acid groups is 1. The van der Waals surface area contributed by atoms with Crippen LogP contribution >= 0.6 is 7.82 Å². The van der Waals surface area contributed by atoms with Gasteiger partial charge in [-0.05, 0) is 96.0 Å². The van der Waals surface area contributed by atoms with Gasteiger partial charge in [0.05, 0.1) is 33.8 Å². The Kier molecular flexibility index (Phi) is 60.1. The second-order valence-corrected chi connectivity index (χ2v) is 26.4. The van der Waals surface area contributed by atoms with Crippen molar-refractivity contribution in [1.82, 2.24) is 5.32 Å². The van der Waals surface area contributed by atoms with Gasteiger partial charge in [-0.2, -0.15) is 0 Å². The van der Waals surface area contributed by atoms with Gasteiger partial charge in [0.15, 0.2) is 0 Å². The summed E-state index contributed by atoms with van der Waals surface area (Å²) in [5.41, 5.74) is 0. The minimum atomic E-state index is -4.71. The van der Waals surface area contributed by atoms with Gasteiger partial charge in [0.1, 0.15) is 19.3 Å². The third-order valence-electron chi connectivity index (χ3n) is 15.7. The molecule has 9 nitrogen and oxygen atoms in total. The number of carbonyl (C=O) groups is 2. The van der Waals surface area contributed by atoms with E-state index in [0.29, 0.717) is 17.4 Å². The number of ether oxygens (including phenoxy) is 1. The van der Waals surface area contributed by atoms with E-state index in [-0.39, 0.29) is 24.9 Å². The number of esters is 1. The number of phosphoric ester groups is 1. The third kappa shape index (κ3) is 62.2. The summed E-state index contributed by atoms with van der Waals surface area (Å²) in [7, 11) is 1.18. The monoisotopic (exact) mass is 1170 g/mol. The lowest BCUT2D eigenvalue weighted by atomic mass is 10.0. The van der Waals surface area contributed by atoms with Crippen LogP contribution in [-0.2, 0) is 27.9 Å². The molecule has 0 aliphatic carbocycles. The van der Waals surface area contributed by atoms with Crippen molar-refractivity contribution in [2.75, 3.05) is 40.9 Å². The van der Waals surface area contributed by atoms with Crippen LogP contribution in [0.3, 0.4) is 0 Å². The van der Waals surface area contributed by atoms with E-state index in [1.54, 1.807) is 0 Å². The van der Waals surface area contributed by atoms with Gasteiger partial charge in [0.25, 0.3) is 7.82 Å². The number of amides is 1. The van der Waals surface area contributed by atoms with E-state index in [0.717, 1.165) is 83.5 Å². The van der Waals surface area contributed by atoms with Crippen LogP contribution in [0.2, 0.25) is 0 Å². The van der Waals surface area contributed by atoms with Crippen LogP contribution in [0.4, 0.5) is 0 Å². The lowest BCUT2D eigenvalue weighted by Crippen LogP contribution is -2.47. The number of rotatable bonds is 64. The molecule has 0 rings (SSSR count). The van der Waals surface area contributed by atoms with Crippen molar-refractivity contribution in [3.8, 4) is 0 Å². The Bertz CT molecular complexity index is 1590. The van der Waals surface area contributed by atoms with Crippen molar-refractivity contribution >= 4 is 19.7 Å². The zero-order valence-corrected chi connectivity index (χ0v) is 55.8. The fourth-order valence-electron chi connectivity index (χ4n) is 10.2. The average molecular weight is 1170 g/mol. The molecule has 0 aliphatic rings. The molecule has 0 fully saturated rings. The molecule has 0 aliphatic heterocycles. The van der Waals surface area contributed by atoms with Crippen LogP contribution in [0, 0.1) is 0 Å². The maximum Gasteiger partial charge on any atom is 0.306 e. The van der Waals surface area contributed by atoms with Crippen molar-refractivity contribution < 1.29 is 37.3 Å². The Hall–Kier alpha value is -2.29. The molecule has 3 unspecified atom stereocenters. The molecule has 0 bridgehead atoms. The molecule has 0 aromatic rings. The highest BCUT2D eigenvalue weighted by Crippen LogP contribution is 2.38. The van der Waals surface area contributed by atoms with E-state index in [4.69, 9.17) is 13.8 Å². The molecule has 0 heterocycles. The number of quaternary nitrogens is 1. The zero-order chi connectivity index (χ0) is 60.0. The molecule has 0 aromatic heterocycles. The number of hydrogen-bond acceptors (Lipinski definition) is 7. The predicted molar refractivity (Wildman–Crippen MR) is 353 cm³/mol. The fraction of sp³-hybridized carbons (Fsp3) is 0.833. The third-order valence-corrected chi connectivity index (χ3v) is 16.6. The smallest absolute Gasteiger partial charge is 0.306 e. The molecule has 0 saturated heterocycles. The van der Waals surface area contributed by atoms with Gasteiger partial charge < -0.3 is 28.5 Å². The molecule has 82 heavy (non-hydrogen) atoms. The Morgan fingerprint density at radius 2 is 0.744 bits per heavy atom. The van der Waals surface area contributed by atoms with Gasteiger partial charge in [-0.3, -0.25) is 14.2 Å². The fourth-order valence-corrected chi connectivity index (χ4v) is 11.0. The first-order valence-electron chi connectivity index (χ1n) is 35.1. The van der Waals surface area contributed by atoms with Gasteiger partial charge >= 0.3 is 5.97 Å². The van der Waals surface area contributed by atoms with E-state index in [9.17, 15) is 19.0 Å². The lowest BCUT2D eigenvalue weighted by Gasteiger charge is -2.30. The second-order valence-electron chi connectivity index (χ2n) is 25.0. The molecule has 0 radical (unpaired) electrons. The van der Waals surface area contributed by atoms with Crippen LogP contribution in [0.25, 0.3) is 0 Å². The first-order chi connectivity index (χ1) is 39.9. The van der Waals surface area contributed by atoms with E-state index < -0.39 is 26.6 Å². The summed E-state index contributed by atoms with van der Waals surface area (Å²) >= 11 is 0. The van der Waals surface area contributed by atoms with E-state index in [1.807, 2.05) is 33.3 Å². The summed E-state index contributed by atoms with van der Waals surface area (Å²) in [6, 6.07) is -0.895. The van der Waals surface area contributed by atoms with Crippen LogP contribution in [0.1, 0.15) is 335 Å². The highest BCUT2D eigenvalue weighted by atomic mass is 31.2. The number of carbonyl (C=O) groups excluding carboxylic acids is 2. The minimum Gasteiger partial charge on any atom is -0.756 e. The van der Waals surface area contributed by atoms with E-state index in [2.05, 4.69) is 74.7 Å². The summed E-state index contributed by atoms with van der Waals surface area (Å²) in [5, 5.41) is 3.04. The summed E-state index contributed by atoms with van der Waals surface area (Å²) in [6.45, 7) is 6.84. The van der Waals surface area contributed by atoms with Crippen LogP contribution in [0.15, 0.2) is 60.8 Å². The highest BCUT2D eigenvalue weighted by Gasteiger charge is 2.27. The number of likely N-dealkylation sites (N-methyl/N-ethyl adjacent to an activating group) is 1. The van der Waals surface area contributed by atoms with Crippen LogP contribution in [0.5, 0.6) is 0 Å². The number of nitrogens with one attached hydrogen (secondary N) is 1. The van der Waals surface area contributed by atoms with Crippen molar-refractivity contribution in [2.45, 2.75) is 348 Å². The van der Waals surface area contributed by atoms with Gasteiger partial charge in [-0.15, -0.1) is 0 Å². The Labute approximate surface area is 509 Å². The second kappa shape index (κ2) is 61.8. The molecular formula is C72H135N2O7P. The Morgan fingerprint density at radius 3 is 1.15 bits per heavy atom. The van der Waals surface area contributed by atoms with Crippen molar-refractivity contribution in [3.63, 3.8) is 0 Å². The first kappa shape index (κ1) is 79.7. The number of nitrogens with zero attached hydrogens (tertiary/aromatic N) is 1. The maximum absolute atomic E-state index is 13.6. The van der Waals surface area contributed by atoms with Crippen LogP contribution < -0.4 is 10.2 Å². The van der Waals surface area contributed by atoms with Gasteiger partial charge in [-0.1, -0.05) is 287 Å². The van der Waals surface area contributed by atoms with Crippen LogP contribution in [-0.4, -0.2) is 69.4 Å². The molecule has 1 amide bonds. The average Bonchev–Trinajstić information content (AvgIpc) is 3.44. The highest BCUT2D eigenvalue weighted by molar-refractivity contribution is 7.45. The van der Waals surface area contributed by atoms with Crippen molar-refractivity contribution in [2.24, 2.45) is 0 Å². The minimum absolute atomic E-state index is 0.0246. The van der Waals surface area contributed by atoms with Gasteiger partial charge in [-0.25, -0.2) is 0 Å². The predicted octanol–water partition coefficient (Wildman–Crippen LogP) is 21.5. The Balaban J connectivity index is 5.07. The molecule has 480 valence electrons. The van der Waals surface area contributed by atoms with Gasteiger partial charge in [0, 0.05) is 12.8 Å². The summed E-state index contributed by atoms with van der Waals surface area (Å²) in [5.74, 6) is -0.544. The maximum atomic E-state index is 13.6. The Morgan fingerprint density at radius 1 is 0.427 bits per heavy atom. The molecule has 0 aromatic carbocycles. The number of hydrogen-bond donors (Lipinski definition) is 1. The van der Waals surface area contributed by atoms with E-state index >= 15 is 0 Å². The standard InChI is InChI=1S/C72H135N2O7P/c1-7-10-13-16-19-22-25-28-30-32-34-35-36-37-38-39-41-42-44-46-49-52-55-58-61-64-71(75)73-69(68-80-82(77,78)79-67-66-74(4,5)6)70(63-60-57-54-51-48-27-24-21-18-15-12-9-3)81-72(76)65-62-59-56-53-50-47-45-43-40-33-31-29-26-23-20-17-14-11-8-2/h20,23,28-31,40,43,60,63,69-70H,7-19,21-22,24-27,32-39,41-42,44-59,61-62,64-68H2,1-6H3,(H-,73,75,77,78)/b23-20-,30-28+,31-29-,43-40-,63-60-. The molecular weight excluding hydrogens is 1040 g/mol. The molecule has 3 atom stereocenters. The number of unbranched alkanes of at least 4 members (excludes halogenated alkanes) is 40. The largest absolute Gasteiger partial charge is 0.756 e. The van der Waals surface area contributed by atoms with E-state index in [1.165, 1.54) is 218 Å². The topological polar surface area (TPSA) is 114 Å². The molecule has 1 N–H and O–H groups in total. The summed E-state index contributed by atoms with van der Waals surface area (Å²) < 4.78 is 30.4.